The normalized spacial score (nSPS) is 18.7. The van der Waals surface area contributed by atoms with Crippen LogP contribution in [-0.4, -0.2) is 32.2 Å². The monoisotopic (exact) mass is 323 g/mol. The van der Waals surface area contributed by atoms with Gasteiger partial charge >= 0.3 is 6.03 Å². The predicted octanol–water partition coefficient (Wildman–Crippen LogP) is 1.47. The van der Waals surface area contributed by atoms with Gasteiger partial charge in [-0.25, -0.2) is 13.2 Å². The van der Waals surface area contributed by atoms with E-state index < -0.39 is 21.9 Å². The van der Waals surface area contributed by atoms with E-state index in [1.807, 2.05) is 0 Å². The van der Waals surface area contributed by atoms with Crippen LogP contribution in [-0.2, 0) is 14.6 Å². The molecule has 0 aliphatic carbocycles. The van der Waals surface area contributed by atoms with Crippen molar-refractivity contribution in [1.82, 2.24) is 5.32 Å². The third kappa shape index (κ3) is 4.59. The van der Waals surface area contributed by atoms with E-state index in [4.69, 9.17) is 0 Å². The minimum atomic E-state index is -3.20. The molecule has 1 aliphatic heterocycles. The second-order valence-corrected chi connectivity index (χ2v) is 6.77. The predicted molar refractivity (Wildman–Crippen MR) is 84.2 cm³/mol. The number of hydrogen-bond donors (Lipinski definition) is 3. The Morgan fingerprint density at radius 2 is 1.73 bits per heavy atom. The minimum Gasteiger partial charge on any atom is -0.331 e. The molecule has 1 unspecified atom stereocenters. The summed E-state index contributed by atoms with van der Waals surface area (Å²) in [6.45, 7) is 1.76. The molecule has 0 saturated heterocycles. The van der Waals surface area contributed by atoms with E-state index in [0.717, 1.165) is 5.41 Å². The zero-order valence-corrected chi connectivity index (χ0v) is 12.8. The molecule has 1 aliphatic rings. The van der Waals surface area contributed by atoms with E-state index in [9.17, 15) is 18.0 Å². The fourth-order valence-electron chi connectivity index (χ4n) is 1.89. The number of nitrogens with one attached hydrogen (secondary N) is 3. The zero-order chi connectivity index (χ0) is 16.2. The third-order valence-corrected chi connectivity index (χ3v) is 4.39. The summed E-state index contributed by atoms with van der Waals surface area (Å²) in [5, 5.41) is 8.95. The van der Waals surface area contributed by atoms with Crippen molar-refractivity contribution in [2.24, 2.45) is 0 Å². The van der Waals surface area contributed by atoms with Crippen molar-refractivity contribution in [3.05, 3.63) is 35.7 Å². The maximum atomic E-state index is 11.8. The molecule has 1 atom stereocenters. The van der Waals surface area contributed by atoms with Gasteiger partial charge < -0.3 is 16.0 Å². The first kappa shape index (κ1) is 16.0. The number of amides is 3. The van der Waals surface area contributed by atoms with E-state index in [1.165, 1.54) is 6.08 Å². The molecule has 0 spiro atoms. The minimum absolute atomic E-state index is 0.0901. The van der Waals surface area contributed by atoms with Crippen LogP contribution < -0.4 is 16.0 Å². The van der Waals surface area contributed by atoms with E-state index in [0.29, 0.717) is 17.8 Å². The Labute approximate surface area is 128 Å². The lowest BCUT2D eigenvalue weighted by atomic mass is 10.2. The molecule has 0 radical (unpaired) electrons. The van der Waals surface area contributed by atoms with Crippen molar-refractivity contribution in [3.63, 3.8) is 0 Å². The fourth-order valence-corrected chi connectivity index (χ4v) is 3.12. The molecule has 0 aromatic heterocycles. The molecule has 1 heterocycles. The molecule has 7 nitrogen and oxygen atoms in total. The number of rotatable bonds is 4. The standard InChI is InChI=1S/C14H17N3O4S/c1-2-13(18)15-10-3-5-11(6-4-10)16-14(19)17-12-7-8-22(20,21)9-12/h3-8,12H,2,9H2,1H3,(H,15,18)(H2,16,17,19). The SMILES string of the molecule is CCC(=O)Nc1ccc(NC(=O)NC2C=CS(=O)(=O)C2)cc1. The average Bonchev–Trinajstić information content (AvgIpc) is 2.79. The van der Waals surface area contributed by atoms with Crippen LogP contribution >= 0.6 is 0 Å². The number of hydrogen-bond acceptors (Lipinski definition) is 4. The van der Waals surface area contributed by atoms with Gasteiger partial charge in [0, 0.05) is 23.2 Å². The Morgan fingerprint density at radius 1 is 1.14 bits per heavy atom. The second-order valence-electron chi connectivity index (χ2n) is 4.84. The smallest absolute Gasteiger partial charge is 0.319 e. The van der Waals surface area contributed by atoms with Crippen molar-refractivity contribution in [1.29, 1.82) is 0 Å². The first-order valence-electron chi connectivity index (χ1n) is 6.76. The molecule has 8 heteroatoms. The highest BCUT2D eigenvalue weighted by molar-refractivity contribution is 7.94. The Kier molecular flexibility index (Phi) is 4.81. The lowest BCUT2D eigenvalue weighted by Crippen LogP contribution is -2.38. The molecule has 0 fully saturated rings. The van der Waals surface area contributed by atoms with Gasteiger partial charge in [0.25, 0.3) is 0 Å². The lowest BCUT2D eigenvalue weighted by molar-refractivity contribution is -0.115. The number of sulfone groups is 1. The third-order valence-electron chi connectivity index (χ3n) is 2.99. The first-order chi connectivity index (χ1) is 10.4. The number of carbonyl (C=O) groups is 2. The number of anilines is 2. The molecular weight excluding hydrogens is 306 g/mol. The molecule has 1 aromatic carbocycles. The summed E-state index contributed by atoms with van der Waals surface area (Å²) in [5.41, 5.74) is 1.18. The Hall–Kier alpha value is -2.35. The molecule has 118 valence electrons. The van der Waals surface area contributed by atoms with Crippen LogP contribution in [0.5, 0.6) is 0 Å². The molecule has 0 saturated carbocycles. The highest BCUT2D eigenvalue weighted by atomic mass is 32.2. The topological polar surface area (TPSA) is 104 Å². The average molecular weight is 323 g/mol. The Morgan fingerprint density at radius 3 is 2.23 bits per heavy atom. The van der Waals surface area contributed by atoms with Gasteiger partial charge in [0.05, 0.1) is 11.8 Å². The molecular formula is C14H17N3O4S. The molecule has 2 rings (SSSR count). The van der Waals surface area contributed by atoms with Crippen molar-refractivity contribution < 1.29 is 18.0 Å². The highest BCUT2D eigenvalue weighted by Crippen LogP contribution is 2.14. The molecule has 3 N–H and O–H groups in total. The van der Waals surface area contributed by atoms with E-state index in [2.05, 4.69) is 16.0 Å². The summed E-state index contributed by atoms with van der Waals surface area (Å²) in [6.07, 6.45) is 1.83. The Balaban J connectivity index is 1.87. The summed E-state index contributed by atoms with van der Waals surface area (Å²) in [6, 6.07) is 5.62. The quantitative estimate of drug-likeness (QED) is 0.780. The summed E-state index contributed by atoms with van der Waals surface area (Å²) in [4.78, 5) is 23.0. The van der Waals surface area contributed by atoms with Gasteiger partial charge in [-0.05, 0) is 30.3 Å². The van der Waals surface area contributed by atoms with Crippen molar-refractivity contribution in [3.8, 4) is 0 Å². The van der Waals surface area contributed by atoms with Crippen LogP contribution in [0, 0.1) is 0 Å². The van der Waals surface area contributed by atoms with E-state index >= 15 is 0 Å². The van der Waals surface area contributed by atoms with Gasteiger partial charge in [0.15, 0.2) is 9.84 Å². The van der Waals surface area contributed by atoms with Crippen LogP contribution in [0.25, 0.3) is 0 Å². The summed E-state index contributed by atoms with van der Waals surface area (Å²) in [5.74, 6) is -0.213. The second kappa shape index (κ2) is 6.61. The summed E-state index contributed by atoms with van der Waals surface area (Å²) < 4.78 is 22.5. The van der Waals surface area contributed by atoms with Crippen molar-refractivity contribution in [2.45, 2.75) is 19.4 Å². The first-order valence-corrected chi connectivity index (χ1v) is 8.48. The Bertz CT molecular complexity index is 695. The van der Waals surface area contributed by atoms with Crippen LogP contribution in [0.4, 0.5) is 16.2 Å². The number of carbonyl (C=O) groups excluding carboxylic acids is 2. The molecule has 0 bridgehead atoms. The maximum Gasteiger partial charge on any atom is 0.319 e. The van der Waals surface area contributed by atoms with E-state index in [-0.39, 0.29) is 11.7 Å². The molecule has 3 amide bonds. The van der Waals surface area contributed by atoms with Crippen molar-refractivity contribution in [2.75, 3.05) is 16.4 Å². The van der Waals surface area contributed by atoms with Gasteiger partial charge in [-0.2, -0.15) is 0 Å². The highest BCUT2D eigenvalue weighted by Gasteiger charge is 2.22. The van der Waals surface area contributed by atoms with Crippen molar-refractivity contribution >= 4 is 33.2 Å². The summed E-state index contributed by atoms with van der Waals surface area (Å²) in [7, 11) is -3.20. The van der Waals surface area contributed by atoms with Crippen LogP contribution in [0.1, 0.15) is 13.3 Å². The summed E-state index contributed by atoms with van der Waals surface area (Å²) >= 11 is 0. The largest absolute Gasteiger partial charge is 0.331 e. The van der Waals surface area contributed by atoms with Gasteiger partial charge in [-0.15, -0.1) is 0 Å². The molecule has 22 heavy (non-hydrogen) atoms. The van der Waals surface area contributed by atoms with Gasteiger partial charge in [0.2, 0.25) is 5.91 Å². The molecule has 1 aromatic rings. The van der Waals surface area contributed by atoms with Gasteiger partial charge in [-0.1, -0.05) is 6.92 Å². The van der Waals surface area contributed by atoms with E-state index in [1.54, 1.807) is 31.2 Å². The van der Waals surface area contributed by atoms with Gasteiger partial charge in [0.1, 0.15) is 0 Å². The zero-order valence-electron chi connectivity index (χ0n) is 12.0. The van der Waals surface area contributed by atoms with Gasteiger partial charge in [-0.3, -0.25) is 4.79 Å². The fraction of sp³-hybridized carbons (Fsp3) is 0.286. The lowest BCUT2D eigenvalue weighted by Gasteiger charge is -2.12. The maximum absolute atomic E-state index is 11.8. The van der Waals surface area contributed by atoms with Crippen LogP contribution in [0.3, 0.4) is 0 Å². The van der Waals surface area contributed by atoms with Crippen LogP contribution in [0.2, 0.25) is 0 Å². The van der Waals surface area contributed by atoms with Crippen LogP contribution in [0.15, 0.2) is 35.7 Å². The number of urea groups is 1. The number of benzene rings is 1.